The molecule has 0 fully saturated rings. The van der Waals surface area contributed by atoms with Gasteiger partial charge in [0.05, 0.1) is 39.9 Å². The summed E-state index contributed by atoms with van der Waals surface area (Å²) in [5.41, 5.74) is 0. The highest BCUT2D eigenvalue weighted by Crippen LogP contribution is 2.38. The number of unbranched alkanes of at least 4 members (excludes halogenated alkanes) is 12. The third-order valence-electron chi connectivity index (χ3n) is 8.84. The summed E-state index contributed by atoms with van der Waals surface area (Å²) in [6.45, 7) is 4.40. The number of aliphatic hydroxyl groups excluding tert-OH is 1. The molecule has 0 radical (unpaired) electrons. The molecule has 0 bridgehead atoms. The molecule has 316 valence electrons. The molecule has 0 aromatic carbocycles. The number of allylic oxidation sites excluding steroid dienone is 13. The predicted molar refractivity (Wildman–Crippen MR) is 233 cm³/mol. The Kier molecular flexibility index (Phi) is 35.7. The van der Waals surface area contributed by atoms with Gasteiger partial charge in [-0.05, 0) is 70.6 Å². The largest absolute Gasteiger partial charge is 0.756 e. The Morgan fingerprint density at radius 3 is 1.69 bits per heavy atom. The van der Waals surface area contributed by atoms with Gasteiger partial charge in [0.1, 0.15) is 13.2 Å². The van der Waals surface area contributed by atoms with Crippen molar-refractivity contribution in [3.8, 4) is 0 Å². The Hall–Kier alpha value is -2.32. The first kappa shape index (κ1) is 52.7. The van der Waals surface area contributed by atoms with Crippen molar-refractivity contribution in [2.75, 3.05) is 40.9 Å². The predicted octanol–water partition coefficient (Wildman–Crippen LogP) is 11.2. The van der Waals surface area contributed by atoms with E-state index in [4.69, 9.17) is 9.05 Å². The van der Waals surface area contributed by atoms with Gasteiger partial charge in [-0.1, -0.05) is 157 Å². The van der Waals surface area contributed by atoms with Crippen LogP contribution < -0.4 is 10.2 Å². The van der Waals surface area contributed by atoms with Crippen molar-refractivity contribution in [1.29, 1.82) is 0 Å². The van der Waals surface area contributed by atoms with Gasteiger partial charge in [0.2, 0.25) is 5.91 Å². The molecule has 0 aliphatic carbocycles. The number of phosphoric acid groups is 1. The molecule has 0 heterocycles. The van der Waals surface area contributed by atoms with Crippen LogP contribution in [0.3, 0.4) is 0 Å². The van der Waals surface area contributed by atoms with E-state index in [1.807, 2.05) is 27.2 Å². The van der Waals surface area contributed by atoms with Crippen LogP contribution in [0, 0.1) is 0 Å². The van der Waals surface area contributed by atoms with E-state index in [2.05, 4.69) is 92.1 Å². The number of hydrogen-bond acceptors (Lipinski definition) is 6. The molecule has 9 heteroatoms. The fourth-order valence-electron chi connectivity index (χ4n) is 5.41. The minimum absolute atomic E-state index is 0.0126. The fraction of sp³-hybridized carbons (Fsp3) is 0.674. The number of amides is 1. The van der Waals surface area contributed by atoms with E-state index >= 15 is 0 Å². The fourth-order valence-corrected chi connectivity index (χ4v) is 6.14. The summed E-state index contributed by atoms with van der Waals surface area (Å²) >= 11 is 0. The van der Waals surface area contributed by atoms with Crippen molar-refractivity contribution in [1.82, 2.24) is 5.32 Å². The molecular formula is C46H81N2O6P. The minimum atomic E-state index is -4.59. The molecule has 0 aromatic rings. The lowest BCUT2D eigenvalue weighted by atomic mass is 10.1. The summed E-state index contributed by atoms with van der Waals surface area (Å²) in [7, 11) is 1.22. The van der Waals surface area contributed by atoms with Gasteiger partial charge in [-0.3, -0.25) is 9.36 Å². The van der Waals surface area contributed by atoms with Gasteiger partial charge in [-0.2, -0.15) is 0 Å². The number of hydrogen-bond donors (Lipinski definition) is 2. The molecule has 0 aliphatic heterocycles. The number of nitrogens with zero attached hydrogens (tertiary/aromatic N) is 1. The Morgan fingerprint density at radius 2 is 1.13 bits per heavy atom. The van der Waals surface area contributed by atoms with Crippen LogP contribution in [-0.2, 0) is 18.4 Å². The van der Waals surface area contributed by atoms with Crippen molar-refractivity contribution < 1.29 is 32.9 Å². The van der Waals surface area contributed by atoms with E-state index in [-0.39, 0.29) is 12.5 Å². The second kappa shape index (κ2) is 37.3. The van der Waals surface area contributed by atoms with Crippen molar-refractivity contribution >= 4 is 13.7 Å². The highest BCUT2D eigenvalue weighted by atomic mass is 31.2. The molecular weight excluding hydrogens is 707 g/mol. The lowest BCUT2D eigenvalue weighted by Crippen LogP contribution is -2.45. The van der Waals surface area contributed by atoms with Crippen LogP contribution in [-0.4, -0.2) is 68.5 Å². The van der Waals surface area contributed by atoms with E-state index in [1.165, 1.54) is 38.5 Å². The Labute approximate surface area is 337 Å². The van der Waals surface area contributed by atoms with Gasteiger partial charge < -0.3 is 28.8 Å². The molecule has 1 amide bonds. The zero-order chi connectivity index (χ0) is 40.7. The van der Waals surface area contributed by atoms with Crippen LogP contribution in [0.5, 0.6) is 0 Å². The number of nitrogens with one attached hydrogen (secondary N) is 1. The molecule has 0 rings (SSSR count). The van der Waals surface area contributed by atoms with Gasteiger partial charge in [0, 0.05) is 6.42 Å². The van der Waals surface area contributed by atoms with E-state index in [0.29, 0.717) is 17.4 Å². The lowest BCUT2D eigenvalue weighted by molar-refractivity contribution is -0.870. The third-order valence-corrected chi connectivity index (χ3v) is 9.80. The topological polar surface area (TPSA) is 108 Å². The van der Waals surface area contributed by atoms with Gasteiger partial charge in [-0.25, -0.2) is 0 Å². The maximum atomic E-state index is 12.8. The van der Waals surface area contributed by atoms with Gasteiger partial charge in [0.15, 0.2) is 0 Å². The molecule has 3 atom stereocenters. The molecule has 0 spiro atoms. The number of phosphoric ester groups is 1. The van der Waals surface area contributed by atoms with Crippen molar-refractivity contribution in [2.24, 2.45) is 0 Å². The molecule has 0 saturated carbocycles. The van der Waals surface area contributed by atoms with Gasteiger partial charge in [-0.15, -0.1) is 0 Å². The summed E-state index contributed by atoms with van der Waals surface area (Å²) in [5, 5.41) is 13.6. The van der Waals surface area contributed by atoms with E-state index < -0.39 is 26.6 Å². The summed E-state index contributed by atoms with van der Waals surface area (Å²) in [6.07, 6.45) is 50.8. The monoisotopic (exact) mass is 789 g/mol. The first-order chi connectivity index (χ1) is 26.5. The van der Waals surface area contributed by atoms with Crippen molar-refractivity contribution in [2.45, 2.75) is 161 Å². The summed E-state index contributed by atoms with van der Waals surface area (Å²) in [4.78, 5) is 25.2. The Bertz CT molecular complexity index is 1170. The van der Waals surface area contributed by atoms with E-state index in [1.54, 1.807) is 6.08 Å². The summed E-state index contributed by atoms with van der Waals surface area (Å²) in [6, 6.07) is -0.908. The second-order valence-electron chi connectivity index (χ2n) is 15.3. The minimum Gasteiger partial charge on any atom is -0.756 e. The molecule has 8 nitrogen and oxygen atoms in total. The van der Waals surface area contributed by atoms with Crippen LogP contribution in [0.25, 0.3) is 0 Å². The standard InChI is InChI=1S/C46H81N2O6P/c1-6-8-10-12-14-16-17-18-19-20-21-22-23-24-25-26-27-28-29-30-31-32-34-36-38-40-46(50)47-44(43-54-55(51,52)53-42-41-48(3,4)5)45(49)39-37-35-33-15-13-11-9-7-2/h8,10,13-16,18-19,21-22,24-25,37,39,44-45,49H,6-7,9,11-12,17,20,23,26-36,38,40-43H2,1-5H3,(H-,47,50,51,52)/b10-8-,15-13+,16-14-,19-18-,22-21-,25-24-,39-37+. The molecule has 0 aromatic heterocycles. The molecule has 0 saturated heterocycles. The number of rotatable bonds is 37. The molecule has 2 N–H and O–H groups in total. The number of carbonyl (C=O) groups excluding carboxylic acids is 1. The maximum absolute atomic E-state index is 12.8. The lowest BCUT2D eigenvalue weighted by Gasteiger charge is -2.29. The number of aliphatic hydroxyl groups is 1. The average Bonchev–Trinajstić information content (AvgIpc) is 3.13. The maximum Gasteiger partial charge on any atom is 0.268 e. The highest BCUT2D eigenvalue weighted by molar-refractivity contribution is 7.45. The molecule has 0 aliphatic rings. The second-order valence-corrected chi connectivity index (χ2v) is 16.7. The number of carbonyl (C=O) groups is 1. The SMILES string of the molecule is CC/C=C\C/C=C\C/C=C\C/C=C\C/C=C\CCCCCCCCCCCC(=O)NC(COP(=O)([O-])OCC[N+](C)(C)C)C(O)/C=C/CC/C=C/CCCC. The molecule has 55 heavy (non-hydrogen) atoms. The van der Waals surface area contributed by atoms with E-state index in [0.717, 1.165) is 89.9 Å². The first-order valence-corrected chi connectivity index (χ1v) is 22.9. The average molecular weight is 789 g/mol. The zero-order valence-electron chi connectivity index (χ0n) is 35.6. The normalized spacial score (nSPS) is 15.3. The highest BCUT2D eigenvalue weighted by Gasteiger charge is 2.23. The quantitative estimate of drug-likeness (QED) is 0.0281. The smallest absolute Gasteiger partial charge is 0.268 e. The Balaban J connectivity index is 4.25. The van der Waals surface area contributed by atoms with Crippen LogP contribution >= 0.6 is 7.82 Å². The van der Waals surface area contributed by atoms with Crippen LogP contribution in [0.4, 0.5) is 0 Å². The zero-order valence-corrected chi connectivity index (χ0v) is 36.5. The third kappa shape index (κ3) is 39.7. The van der Waals surface area contributed by atoms with Crippen molar-refractivity contribution in [3.63, 3.8) is 0 Å². The molecule has 3 unspecified atom stereocenters. The number of likely N-dealkylation sites (N-methyl/N-ethyl adjacent to an activating group) is 1. The summed E-state index contributed by atoms with van der Waals surface area (Å²) < 4.78 is 23.0. The summed E-state index contributed by atoms with van der Waals surface area (Å²) in [5.74, 6) is -0.223. The van der Waals surface area contributed by atoms with E-state index in [9.17, 15) is 19.4 Å². The first-order valence-electron chi connectivity index (χ1n) is 21.4. The van der Waals surface area contributed by atoms with Crippen LogP contribution in [0.15, 0.2) is 85.1 Å². The van der Waals surface area contributed by atoms with Crippen molar-refractivity contribution in [3.05, 3.63) is 85.1 Å². The van der Waals surface area contributed by atoms with Gasteiger partial charge in [0.25, 0.3) is 7.82 Å². The number of quaternary nitrogens is 1. The van der Waals surface area contributed by atoms with Crippen LogP contribution in [0.2, 0.25) is 0 Å². The Morgan fingerprint density at radius 1 is 0.655 bits per heavy atom. The van der Waals surface area contributed by atoms with Gasteiger partial charge >= 0.3 is 0 Å². The van der Waals surface area contributed by atoms with Crippen LogP contribution in [0.1, 0.15) is 149 Å².